The van der Waals surface area contributed by atoms with Crippen LogP contribution in [0.2, 0.25) is 0 Å². The van der Waals surface area contributed by atoms with Crippen molar-refractivity contribution in [2.24, 2.45) is 0 Å². The number of methoxy groups -OCH3 is 1. The highest BCUT2D eigenvalue weighted by molar-refractivity contribution is 8.00. The molecule has 25 heavy (non-hydrogen) atoms. The van der Waals surface area contributed by atoms with E-state index in [1.165, 1.54) is 31.4 Å². The summed E-state index contributed by atoms with van der Waals surface area (Å²) < 4.78 is 32.1. The number of hydrogen-bond donors (Lipinski definition) is 1. The first-order valence-corrected chi connectivity index (χ1v) is 8.51. The molecule has 0 bridgehead atoms. The molecule has 0 aliphatic rings. The van der Waals surface area contributed by atoms with E-state index in [0.29, 0.717) is 11.3 Å². The van der Waals surface area contributed by atoms with Crippen LogP contribution < -0.4 is 5.32 Å². The SMILES string of the molecule is COC(=O)c1cccc(NC(=O)CSC(C)c2c(F)cccc2F)c1. The van der Waals surface area contributed by atoms with Crippen LogP contribution in [0.3, 0.4) is 0 Å². The Hall–Kier alpha value is -2.41. The lowest BCUT2D eigenvalue weighted by Gasteiger charge is -2.13. The third-order valence-electron chi connectivity index (χ3n) is 3.44. The van der Waals surface area contributed by atoms with Crippen molar-refractivity contribution < 1.29 is 23.1 Å². The van der Waals surface area contributed by atoms with Gasteiger partial charge in [0.1, 0.15) is 11.6 Å². The van der Waals surface area contributed by atoms with Gasteiger partial charge in [0.2, 0.25) is 5.91 Å². The highest BCUT2D eigenvalue weighted by atomic mass is 32.2. The molecule has 7 heteroatoms. The molecule has 0 saturated carbocycles. The monoisotopic (exact) mass is 365 g/mol. The number of carbonyl (C=O) groups excluding carboxylic acids is 2. The van der Waals surface area contributed by atoms with Crippen LogP contribution in [0.5, 0.6) is 0 Å². The van der Waals surface area contributed by atoms with Gasteiger partial charge in [-0.25, -0.2) is 13.6 Å². The van der Waals surface area contributed by atoms with Crippen molar-refractivity contribution in [1.29, 1.82) is 0 Å². The summed E-state index contributed by atoms with van der Waals surface area (Å²) in [6, 6.07) is 9.99. The molecule has 1 amide bonds. The summed E-state index contributed by atoms with van der Waals surface area (Å²) in [6.07, 6.45) is 0. The third kappa shape index (κ3) is 5.03. The quantitative estimate of drug-likeness (QED) is 0.780. The predicted molar refractivity (Wildman–Crippen MR) is 93.6 cm³/mol. The molecule has 4 nitrogen and oxygen atoms in total. The number of hydrogen-bond acceptors (Lipinski definition) is 4. The van der Waals surface area contributed by atoms with Gasteiger partial charge in [0.25, 0.3) is 0 Å². The van der Waals surface area contributed by atoms with Crippen molar-refractivity contribution in [2.75, 3.05) is 18.2 Å². The summed E-state index contributed by atoms with van der Waals surface area (Å²) in [7, 11) is 1.27. The normalized spacial score (nSPS) is 11.7. The second kappa shape index (κ2) is 8.62. The van der Waals surface area contributed by atoms with Crippen LogP contribution in [0.15, 0.2) is 42.5 Å². The number of anilines is 1. The molecule has 2 aromatic rings. The van der Waals surface area contributed by atoms with E-state index in [4.69, 9.17) is 0 Å². The molecule has 0 spiro atoms. The molecule has 2 aromatic carbocycles. The number of halogens is 2. The highest BCUT2D eigenvalue weighted by Crippen LogP contribution is 2.31. The smallest absolute Gasteiger partial charge is 0.337 e. The van der Waals surface area contributed by atoms with E-state index in [9.17, 15) is 18.4 Å². The first-order chi connectivity index (χ1) is 11.9. The molecule has 0 heterocycles. The molecule has 0 fully saturated rings. The van der Waals surface area contributed by atoms with Gasteiger partial charge < -0.3 is 10.1 Å². The molecule has 0 aliphatic carbocycles. The van der Waals surface area contributed by atoms with Gasteiger partial charge in [0.15, 0.2) is 0 Å². The standard InChI is InChI=1S/C18H17F2NO3S/c1-11(17-14(19)7-4-8-15(17)20)25-10-16(22)21-13-6-3-5-12(9-13)18(23)24-2/h3-9,11H,10H2,1-2H3,(H,21,22). The Bertz CT molecular complexity index is 762. The summed E-state index contributed by atoms with van der Waals surface area (Å²) >= 11 is 1.12. The zero-order valence-corrected chi connectivity index (χ0v) is 14.5. The molecule has 2 rings (SSSR count). The number of carbonyl (C=O) groups is 2. The van der Waals surface area contributed by atoms with Gasteiger partial charge in [-0.2, -0.15) is 0 Å². The lowest BCUT2D eigenvalue weighted by Crippen LogP contribution is -2.15. The van der Waals surface area contributed by atoms with Gasteiger partial charge >= 0.3 is 5.97 Å². The molecular formula is C18H17F2NO3S. The van der Waals surface area contributed by atoms with E-state index in [-0.39, 0.29) is 17.2 Å². The first-order valence-electron chi connectivity index (χ1n) is 7.46. The lowest BCUT2D eigenvalue weighted by molar-refractivity contribution is -0.113. The molecule has 0 saturated heterocycles. The van der Waals surface area contributed by atoms with Crippen LogP contribution in [-0.2, 0) is 9.53 Å². The fraction of sp³-hybridized carbons (Fsp3) is 0.222. The van der Waals surface area contributed by atoms with E-state index < -0.39 is 22.9 Å². The number of ether oxygens (including phenoxy) is 1. The Morgan fingerprint density at radius 2 is 1.80 bits per heavy atom. The molecule has 1 atom stereocenters. The van der Waals surface area contributed by atoms with Crippen molar-refractivity contribution >= 4 is 29.3 Å². The second-order valence-electron chi connectivity index (χ2n) is 5.21. The Labute approximate surface area is 148 Å². The van der Waals surface area contributed by atoms with Gasteiger partial charge in [0.05, 0.1) is 18.4 Å². The van der Waals surface area contributed by atoms with Crippen LogP contribution >= 0.6 is 11.8 Å². The average molecular weight is 365 g/mol. The first kappa shape index (κ1) is 18.9. The maximum atomic E-state index is 13.7. The Morgan fingerprint density at radius 3 is 2.44 bits per heavy atom. The van der Waals surface area contributed by atoms with Gasteiger partial charge in [-0.15, -0.1) is 11.8 Å². The number of amides is 1. The molecule has 0 aliphatic heterocycles. The van der Waals surface area contributed by atoms with E-state index in [1.807, 2.05) is 0 Å². The zero-order valence-electron chi connectivity index (χ0n) is 13.7. The lowest BCUT2D eigenvalue weighted by atomic mass is 10.1. The topological polar surface area (TPSA) is 55.4 Å². The average Bonchev–Trinajstić information content (AvgIpc) is 2.59. The molecule has 1 unspecified atom stereocenters. The van der Waals surface area contributed by atoms with E-state index in [2.05, 4.69) is 10.1 Å². The van der Waals surface area contributed by atoms with Gasteiger partial charge in [-0.05, 0) is 37.3 Å². The number of benzene rings is 2. The van der Waals surface area contributed by atoms with Crippen LogP contribution in [-0.4, -0.2) is 24.7 Å². The van der Waals surface area contributed by atoms with E-state index >= 15 is 0 Å². The minimum absolute atomic E-state index is 0.0113. The number of thioether (sulfide) groups is 1. The van der Waals surface area contributed by atoms with Crippen molar-refractivity contribution in [1.82, 2.24) is 0 Å². The van der Waals surface area contributed by atoms with Gasteiger partial charge in [-0.3, -0.25) is 4.79 Å². The predicted octanol–water partition coefficient (Wildman–Crippen LogP) is 4.18. The number of rotatable bonds is 6. The number of esters is 1. The van der Waals surface area contributed by atoms with Gasteiger partial charge in [0, 0.05) is 16.5 Å². The Kier molecular flexibility index (Phi) is 6.52. The maximum absolute atomic E-state index is 13.7. The molecule has 1 N–H and O–H groups in total. The van der Waals surface area contributed by atoms with Crippen LogP contribution in [0, 0.1) is 11.6 Å². The molecular weight excluding hydrogens is 348 g/mol. The summed E-state index contributed by atoms with van der Waals surface area (Å²) in [5.74, 6) is -2.10. The van der Waals surface area contributed by atoms with Crippen LogP contribution in [0.4, 0.5) is 14.5 Å². The fourth-order valence-electron chi connectivity index (χ4n) is 2.22. The van der Waals surface area contributed by atoms with Crippen molar-refractivity contribution in [2.45, 2.75) is 12.2 Å². The maximum Gasteiger partial charge on any atom is 0.337 e. The zero-order chi connectivity index (χ0) is 18.4. The summed E-state index contributed by atoms with van der Waals surface area (Å²) in [5.41, 5.74) is 0.709. The summed E-state index contributed by atoms with van der Waals surface area (Å²) in [5, 5.41) is 2.12. The summed E-state index contributed by atoms with van der Waals surface area (Å²) in [4.78, 5) is 23.5. The fourth-order valence-corrected chi connectivity index (χ4v) is 3.09. The molecule has 0 radical (unpaired) electrons. The summed E-state index contributed by atoms with van der Waals surface area (Å²) in [6.45, 7) is 1.64. The van der Waals surface area contributed by atoms with E-state index in [0.717, 1.165) is 11.8 Å². The minimum Gasteiger partial charge on any atom is -0.465 e. The molecule has 0 aromatic heterocycles. The third-order valence-corrected chi connectivity index (χ3v) is 4.60. The van der Waals surface area contributed by atoms with Crippen molar-refractivity contribution in [3.05, 3.63) is 65.2 Å². The Morgan fingerprint density at radius 1 is 1.16 bits per heavy atom. The van der Waals surface area contributed by atoms with Crippen molar-refractivity contribution in [3.63, 3.8) is 0 Å². The highest BCUT2D eigenvalue weighted by Gasteiger charge is 2.17. The number of nitrogens with one attached hydrogen (secondary N) is 1. The minimum atomic E-state index is -0.633. The van der Waals surface area contributed by atoms with E-state index in [1.54, 1.807) is 25.1 Å². The Balaban J connectivity index is 1.96. The molecule has 132 valence electrons. The van der Waals surface area contributed by atoms with Gasteiger partial charge in [-0.1, -0.05) is 12.1 Å². The van der Waals surface area contributed by atoms with Crippen LogP contribution in [0.25, 0.3) is 0 Å². The second-order valence-corrected chi connectivity index (χ2v) is 6.54. The van der Waals surface area contributed by atoms with Crippen molar-refractivity contribution in [3.8, 4) is 0 Å². The van der Waals surface area contributed by atoms with Crippen LogP contribution in [0.1, 0.15) is 28.1 Å². The largest absolute Gasteiger partial charge is 0.465 e.